The molecule has 2 rings (SSSR count). The smallest absolute Gasteiger partial charge is 0.281 e. The summed E-state index contributed by atoms with van der Waals surface area (Å²) >= 11 is 1.29. The molecule has 0 fully saturated rings. The Kier molecular flexibility index (Phi) is 3.44. The number of hydrogen-bond acceptors (Lipinski definition) is 5. The van der Waals surface area contributed by atoms with Crippen molar-refractivity contribution in [1.82, 2.24) is 10.2 Å². The van der Waals surface area contributed by atoms with Crippen LogP contribution in [-0.4, -0.2) is 10.2 Å². The molecule has 1 aromatic heterocycles. The molecule has 2 N–H and O–H groups in total. The zero-order chi connectivity index (χ0) is 12.4. The summed E-state index contributed by atoms with van der Waals surface area (Å²) in [6.07, 6.45) is 0. The van der Waals surface area contributed by atoms with Crippen molar-refractivity contribution in [1.29, 1.82) is 0 Å². The molecule has 17 heavy (non-hydrogen) atoms. The molecule has 1 unspecified atom stereocenters. The van der Waals surface area contributed by atoms with Crippen molar-refractivity contribution in [3.8, 4) is 0 Å². The molecule has 0 aliphatic heterocycles. The van der Waals surface area contributed by atoms with Gasteiger partial charge < -0.3 is 10.2 Å². The molecule has 1 heterocycles. The van der Waals surface area contributed by atoms with Gasteiger partial charge in [-0.15, -0.1) is 10.2 Å². The van der Waals surface area contributed by atoms with Crippen molar-refractivity contribution < 1.29 is 8.81 Å². The molecule has 0 bridgehead atoms. The van der Waals surface area contributed by atoms with Gasteiger partial charge in [0.05, 0.1) is 0 Å². The minimum absolute atomic E-state index is 0.253. The second kappa shape index (κ2) is 4.85. The highest BCUT2D eigenvalue weighted by Gasteiger charge is 2.12. The molecule has 6 heteroatoms. The fraction of sp³-hybridized carbons (Fsp3) is 0.273. The summed E-state index contributed by atoms with van der Waals surface area (Å²) in [4.78, 5) is 0.824. The Hall–Kier alpha value is -1.40. The third-order valence-corrected chi connectivity index (χ3v) is 3.10. The predicted octanol–water partition coefficient (Wildman–Crippen LogP) is 2.69. The maximum absolute atomic E-state index is 13.1. The normalized spacial score (nSPS) is 12.7. The van der Waals surface area contributed by atoms with E-state index in [9.17, 15) is 4.39 Å². The van der Waals surface area contributed by atoms with E-state index in [1.165, 1.54) is 23.9 Å². The van der Waals surface area contributed by atoms with Crippen molar-refractivity contribution in [2.24, 2.45) is 5.73 Å². The number of hydrogen-bond donors (Lipinski definition) is 1. The van der Waals surface area contributed by atoms with Crippen LogP contribution in [0.5, 0.6) is 0 Å². The van der Waals surface area contributed by atoms with Crippen molar-refractivity contribution in [2.45, 2.75) is 30.0 Å². The lowest BCUT2D eigenvalue weighted by atomic mass is 10.1. The molecular formula is C11H12FN3OS. The van der Waals surface area contributed by atoms with Gasteiger partial charge in [-0.1, -0.05) is 0 Å². The summed E-state index contributed by atoms with van der Waals surface area (Å²) < 4.78 is 18.4. The third-order valence-electron chi connectivity index (χ3n) is 2.17. The van der Waals surface area contributed by atoms with Crippen molar-refractivity contribution in [3.05, 3.63) is 35.5 Å². The molecule has 1 aromatic carbocycles. The van der Waals surface area contributed by atoms with Crippen molar-refractivity contribution in [3.63, 3.8) is 0 Å². The monoisotopic (exact) mass is 253 g/mol. The summed E-state index contributed by atoms with van der Waals surface area (Å²) in [6.45, 7) is 3.52. The maximum atomic E-state index is 13.1. The van der Waals surface area contributed by atoms with Crippen LogP contribution >= 0.6 is 11.8 Å². The first-order chi connectivity index (χ1) is 8.06. The molecule has 90 valence electrons. The molecule has 0 aliphatic carbocycles. The Morgan fingerprint density at radius 1 is 1.41 bits per heavy atom. The van der Waals surface area contributed by atoms with Crippen LogP contribution in [0.3, 0.4) is 0 Å². The molecule has 1 atom stereocenters. The fourth-order valence-corrected chi connectivity index (χ4v) is 2.31. The molecule has 0 saturated carbocycles. The van der Waals surface area contributed by atoms with Gasteiger partial charge in [0.25, 0.3) is 5.22 Å². The lowest BCUT2D eigenvalue weighted by Crippen LogP contribution is -2.06. The summed E-state index contributed by atoms with van der Waals surface area (Å²) in [5, 5.41) is 8.03. The average molecular weight is 253 g/mol. The number of benzene rings is 1. The third kappa shape index (κ3) is 2.83. The molecule has 2 aromatic rings. The second-order valence-electron chi connectivity index (χ2n) is 3.66. The van der Waals surface area contributed by atoms with Gasteiger partial charge in [-0.25, -0.2) is 4.39 Å². The van der Waals surface area contributed by atoms with E-state index >= 15 is 0 Å². The molecule has 0 aliphatic rings. The van der Waals surface area contributed by atoms with Crippen LogP contribution in [0.2, 0.25) is 0 Å². The van der Waals surface area contributed by atoms with Crippen LogP contribution in [0.4, 0.5) is 4.39 Å². The highest BCUT2D eigenvalue weighted by atomic mass is 32.2. The summed E-state index contributed by atoms with van der Waals surface area (Å²) in [7, 11) is 0. The topological polar surface area (TPSA) is 64.9 Å². The number of aryl methyl sites for hydroxylation is 1. The quantitative estimate of drug-likeness (QED) is 0.911. The first-order valence-corrected chi connectivity index (χ1v) is 5.91. The number of aromatic nitrogens is 2. The van der Waals surface area contributed by atoms with Gasteiger partial charge in [-0.2, -0.15) is 0 Å². The highest BCUT2D eigenvalue weighted by Crippen LogP contribution is 2.32. The summed E-state index contributed by atoms with van der Waals surface area (Å²) in [5.41, 5.74) is 6.52. The van der Waals surface area contributed by atoms with Crippen LogP contribution in [0.1, 0.15) is 24.4 Å². The van der Waals surface area contributed by atoms with Gasteiger partial charge in [0.2, 0.25) is 5.89 Å². The lowest BCUT2D eigenvalue weighted by Gasteiger charge is -2.10. The number of halogens is 1. The highest BCUT2D eigenvalue weighted by molar-refractivity contribution is 7.99. The molecule has 0 saturated heterocycles. The second-order valence-corrected chi connectivity index (χ2v) is 4.65. The molecule has 4 nitrogen and oxygen atoms in total. The van der Waals surface area contributed by atoms with Crippen LogP contribution in [-0.2, 0) is 0 Å². The van der Waals surface area contributed by atoms with Crippen LogP contribution < -0.4 is 5.73 Å². The van der Waals surface area contributed by atoms with Gasteiger partial charge >= 0.3 is 0 Å². The van der Waals surface area contributed by atoms with Gasteiger partial charge in [-0.05, 0) is 42.4 Å². The van der Waals surface area contributed by atoms with E-state index in [0.717, 1.165) is 10.5 Å². The minimum Gasteiger partial charge on any atom is -0.416 e. The van der Waals surface area contributed by atoms with E-state index in [4.69, 9.17) is 10.2 Å². The predicted molar refractivity (Wildman–Crippen MR) is 62.2 cm³/mol. The molecular weight excluding hydrogens is 241 g/mol. The molecule has 0 amide bonds. The van der Waals surface area contributed by atoms with E-state index in [0.29, 0.717) is 11.1 Å². The number of nitrogens with zero attached hydrogens (tertiary/aromatic N) is 2. The minimum atomic E-state index is -0.302. The Morgan fingerprint density at radius 2 is 2.18 bits per heavy atom. The van der Waals surface area contributed by atoms with Gasteiger partial charge in [0.1, 0.15) is 5.82 Å². The van der Waals surface area contributed by atoms with Crippen LogP contribution in [0.25, 0.3) is 0 Å². The maximum Gasteiger partial charge on any atom is 0.281 e. The number of nitrogens with two attached hydrogens (primary N) is 1. The Balaban J connectivity index is 2.32. The van der Waals surface area contributed by atoms with Crippen molar-refractivity contribution in [2.75, 3.05) is 0 Å². The van der Waals surface area contributed by atoms with E-state index in [2.05, 4.69) is 10.2 Å². The summed E-state index contributed by atoms with van der Waals surface area (Å²) in [6, 6.07) is 4.23. The average Bonchev–Trinajstić information content (AvgIpc) is 2.66. The summed E-state index contributed by atoms with van der Waals surface area (Å²) in [5.74, 6) is 0.195. The zero-order valence-electron chi connectivity index (χ0n) is 9.48. The Morgan fingerprint density at radius 3 is 2.76 bits per heavy atom. The first-order valence-electron chi connectivity index (χ1n) is 5.09. The molecule has 0 spiro atoms. The Labute approximate surface area is 102 Å². The Bertz CT molecular complexity index is 527. The van der Waals surface area contributed by atoms with Crippen molar-refractivity contribution >= 4 is 11.8 Å². The van der Waals surface area contributed by atoms with E-state index in [-0.39, 0.29) is 11.9 Å². The first kappa shape index (κ1) is 12.1. The van der Waals surface area contributed by atoms with E-state index in [1.54, 1.807) is 19.9 Å². The zero-order valence-corrected chi connectivity index (χ0v) is 10.3. The fourth-order valence-electron chi connectivity index (χ4n) is 1.38. The van der Waals surface area contributed by atoms with Gasteiger partial charge in [-0.3, -0.25) is 0 Å². The lowest BCUT2D eigenvalue weighted by molar-refractivity contribution is 0.429. The van der Waals surface area contributed by atoms with Gasteiger partial charge in [0, 0.05) is 17.9 Å². The standard InChI is InChI=1S/C11H12FN3OS/c1-6(13)9-5-8(12)3-4-10(9)17-11-15-14-7(2)16-11/h3-6H,13H2,1-2H3. The van der Waals surface area contributed by atoms with E-state index in [1.807, 2.05) is 0 Å². The van der Waals surface area contributed by atoms with Crippen LogP contribution in [0.15, 0.2) is 32.7 Å². The SMILES string of the molecule is Cc1nnc(Sc2ccc(F)cc2C(C)N)o1. The largest absolute Gasteiger partial charge is 0.416 e. The number of rotatable bonds is 3. The molecule has 0 radical (unpaired) electrons. The van der Waals surface area contributed by atoms with Crippen LogP contribution in [0, 0.1) is 12.7 Å². The van der Waals surface area contributed by atoms with Gasteiger partial charge in [0.15, 0.2) is 0 Å². The van der Waals surface area contributed by atoms with E-state index < -0.39 is 0 Å².